The minimum atomic E-state index is 0.745. The molecule has 5 heteroatoms. The standard InChI is InChI=1S/C23H23N3O2/c1-27-16-4-14-26-15-13-25-23(26)18-8-6-17(7-9-18)19-10-11-21(28-2)22-20(19)5-3-12-24-22/h3,5-13,15H,4,14,16H2,1-2H3. The first-order chi connectivity index (χ1) is 13.8. The van der Waals surface area contributed by atoms with Crippen molar-refractivity contribution in [3.05, 3.63) is 67.1 Å². The van der Waals surface area contributed by atoms with E-state index in [1.165, 1.54) is 0 Å². The molecule has 2 heterocycles. The first kappa shape index (κ1) is 18.2. The van der Waals surface area contributed by atoms with Crippen LogP contribution < -0.4 is 4.74 Å². The molecule has 0 fully saturated rings. The van der Waals surface area contributed by atoms with Gasteiger partial charge in [0.25, 0.3) is 0 Å². The van der Waals surface area contributed by atoms with Crippen LogP contribution in [0.5, 0.6) is 5.75 Å². The van der Waals surface area contributed by atoms with Gasteiger partial charge in [0.2, 0.25) is 0 Å². The number of hydrogen-bond donors (Lipinski definition) is 0. The highest BCUT2D eigenvalue weighted by Crippen LogP contribution is 2.33. The third-order valence-electron chi connectivity index (χ3n) is 4.87. The molecule has 28 heavy (non-hydrogen) atoms. The molecule has 4 rings (SSSR count). The molecule has 0 aliphatic rings. The zero-order valence-corrected chi connectivity index (χ0v) is 16.1. The van der Waals surface area contributed by atoms with Gasteiger partial charge in [0.15, 0.2) is 0 Å². The molecule has 0 atom stereocenters. The fraction of sp³-hybridized carbons (Fsp3) is 0.217. The van der Waals surface area contributed by atoms with Crippen LogP contribution in [0.4, 0.5) is 0 Å². The molecule has 2 aromatic heterocycles. The van der Waals surface area contributed by atoms with Gasteiger partial charge in [-0.2, -0.15) is 0 Å². The Morgan fingerprint density at radius 3 is 2.50 bits per heavy atom. The van der Waals surface area contributed by atoms with Gasteiger partial charge in [-0.05, 0) is 35.7 Å². The van der Waals surface area contributed by atoms with E-state index in [4.69, 9.17) is 9.47 Å². The van der Waals surface area contributed by atoms with E-state index < -0.39 is 0 Å². The summed E-state index contributed by atoms with van der Waals surface area (Å²) in [5, 5.41) is 1.08. The minimum absolute atomic E-state index is 0.745. The molecule has 0 unspecified atom stereocenters. The molecule has 0 saturated heterocycles. The number of nitrogens with zero attached hydrogens (tertiary/aromatic N) is 3. The Balaban J connectivity index is 1.67. The lowest BCUT2D eigenvalue weighted by Gasteiger charge is -2.11. The molecule has 2 aromatic carbocycles. The summed E-state index contributed by atoms with van der Waals surface area (Å²) in [5.41, 5.74) is 4.25. The molecule has 0 amide bonds. The highest BCUT2D eigenvalue weighted by Gasteiger charge is 2.10. The predicted octanol–water partition coefficient (Wildman–Crippen LogP) is 4.81. The largest absolute Gasteiger partial charge is 0.494 e. The summed E-state index contributed by atoms with van der Waals surface area (Å²) in [5.74, 6) is 1.76. The van der Waals surface area contributed by atoms with Gasteiger partial charge in [-0.1, -0.05) is 30.3 Å². The Hall–Kier alpha value is -3.18. The van der Waals surface area contributed by atoms with Crippen LogP contribution >= 0.6 is 0 Å². The Bertz CT molecular complexity index is 1070. The highest BCUT2D eigenvalue weighted by atomic mass is 16.5. The summed E-state index contributed by atoms with van der Waals surface area (Å²) in [6, 6.07) is 16.6. The molecular weight excluding hydrogens is 350 g/mol. The second kappa shape index (κ2) is 8.23. The topological polar surface area (TPSA) is 49.2 Å². The molecule has 0 radical (unpaired) electrons. The minimum Gasteiger partial charge on any atom is -0.494 e. The molecule has 0 aliphatic carbocycles. The van der Waals surface area contributed by atoms with Crippen molar-refractivity contribution in [1.29, 1.82) is 0 Å². The van der Waals surface area contributed by atoms with Crippen molar-refractivity contribution < 1.29 is 9.47 Å². The number of aryl methyl sites for hydroxylation is 1. The SMILES string of the molecule is COCCCn1ccnc1-c1ccc(-c2ccc(OC)c3ncccc23)cc1. The normalized spacial score (nSPS) is 11.1. The van der Waals surface area contributed by atoms with Crippen LogP contribution in [-0.2, 0) is 11.3 Å². The van der Waals surface area contributed by atoms with Crippen LogP contribution in [0.1, 0.15) is 6.42 Å². The van der Waals surface area contributed by atoms with Gasteiger partial charge in [-0.3, -0.25) is 4.98 Å². The number of imidazole rings is 1. The monoisotopic (exact) mass is 373 g/mol. The van der Waals surface area contributed by atoms with Crippen molar-refractivity contribution >= 4 is 10.9 Å². The summed E-state index contributed by atoms with van der Waals surface area (Å²) in [4.78, 5) is 9.03. The number of pyridine rings is 1. The maximum absolute atomic E-state index is 5.46. The van der Waals surface area contributed by atoms with Crippen molar-refractivity contribution in [2.75, 3.05) is 20.8 Å². The quantitative estimate of drug-likeness (QED) is 0.436. The second-order valence-corrected chi connectivity index (χ2v) is 6.58. The molecule has 5 nitrogen and oxygen atoms in total. The third kappa shape index (κ3) is 3.49. The molecule has 0 spiro atoms. The summed E-state index contributed by atoms with van der Waals surface area (Å²) in [6.07, 6.45) is 6.62. The molecule has 4 aromatic rings. The van der Waals surface area contributed by atoms with Gasteiger partial charge in [0.1, 0.15) is 17.1 Å². The molecule has 0 saturated carbocycles. The number of ether oxygens (including phenoxy) is 2. The Morgan fingerprint density at radius 1 is 0.893 bits per heavy atom. The van der Waals surface area contributed by atoms with E-state index in [0.29, 0.717) is 0 Å². The lowest BCUT2D eigenvalue weighted by Crippen LogP contribution is -2.02. The van der Waals surface area contributed by atoms with Gasteiger partial charge >= 0.3 is 0 Å². The van der Waals surface area contributed by atoms with Crippen molar-refractivity contribution in [2.45, 2.75) is 13.0 Å². The van der Waals surface area contributed by atoms with Crippen molar-refractivity contribution in [3.8, 4) is 28.3 Å². The summed E-state index contributed by atoms with van der Waals surface area (Å²) < 4.78 is 12.8. The van der Waals surface area contributed by atoms with E-state index in [9.17, 15) is 0 Å². The number of fused-ring (bicyclic) bond motifs is 1. The van der Waals surface area contributed by atoms with Crippen molar-refractivity contribution in [2.24, 2.45) is 0 Å². The number of benzene rings is 2. The van der Waals surface area contributed by atoms with Crippen LogP contribution in [0, 0.1) is 0 Å². The van der Waals surface area contributed by atoms with E-state index in [-0.39, 0.29) is 0 Å². The van der Waals surface area contributed by atoms with Crippen LogP contribution in [0.3, 0.4) is 0 Å². The van der Waals surface area contributed by atoms with E-state index >= 15 is 0 Å². The summed E-state index contributed by atoms with van der Waals surface area (Å²) in [6.45, 7) is 1.63. The van der Waals surface area contributed by atoms with Crippen LogP contribution in [-0.4, -0.2) is 35.4 Å². The van der Waals surface area contributed by atoms with Crippen LogP contribution in [0.25, 0.3) is 33.4 Å². The van der Waals surface area contributed by atoms with Gasteiger partial charge in [0.05, 0.1) is 7.11 Å². The molecule has 0 N–H and O–H groups in total. The fourth-order valence-corrected chi connectivity index (χ4v) is 3.49. The maximum Gasteiger partial charge on any atom is 0.145 e. The van der Waals surface area contributed by atoms with Crippen molar-refractivity contribution in [3.63, 3.8) is 0 Å². The Labute approximate surface area is 164 Å². The van der Waals surface area contributed by atoms with Crippen LogP contribution in [0.15, 0.2) is 67.1 Å². The maximum atomic E-state index is 5.46. The molecule has 0 bridgehead atoms. The zero-order chi connectivity index (χ0) is 19.3. The number of methoxy groups -OCH3 is 2. The van der Waals surface area contributed by atoms with Gasteiger partial charge < -0.3 is 14.0 Å². The summed E-state index contributed by atoms with van der Waals surface area (Å²) in [7, 11) is 3.40. The lowest BCUT2D eigenvalue weighted by molar-refractivity contribution is 0.190. The second-order valence-electron chi connectivity index (χ2n) is 6.58. The van der Waals surface area contributed by atoms with E-state index in [1.807, 2.05) is 24.5 Å². The molecule has 0 aliphatic heterocycles. The van der Waals surface area contributed by atoms with Gasteiger partial charge in [0, 0.05) is 49.8 Å². The van der Waals surface area contributed by atoms with E-state index in [2.05, 4.69) is 50.9 Å². The number of aromatic nitrogens is 3. The van der Waals surface area contributed by atoms with Gasteiger partial charge in [-0.15, -0.1) is 0 Å². The Kier molecular flexibility index (Phi) is 5.35. The highest BCUT2D eigenvalue weighted by molar-refractivity contribution is 5.97. The zero-order valence-electron chi connectivity index (χ0n) is 16.1. The number of rotatable bonds is 7. The van der Waals surface area contributed by atoms with Gasteiger partial charge in [-0.25, -0.2) is 4.98 Å². The van der Waals surface area contributed by atoms with E-state index in [0.717, 1.165) is 58.7 Å². The molecule has 142 valence electrons. The first-order valence-electron chi connectivity index (χ1n) is 9.34. The number of hydrogen-bond acceptors (Lipinski definition) is 4. The average molecular weight is 373 g/mol. The van der Waals surface area contributed by atoms with E-state index in [1.54, 1.807) is 20.4 Å². The van der Waals surface area contributed by atoms with Crippen LogP contribution in [0.2, 0.25) is 0 Å². The Morgan fingerprint density at radius 2 is 1.71 bits per heavy atom. The summed E-state index contributed by atoms with van der Waals surface area (Å²) >= 11 is 0. The first-order valence-corrected chi connectivity index (χ1v) is 9.34. The van der Waals surface area contributed by atoms with Crippen molar-refractivity contribution in [1.82, 2.24) is 14.5 Å². The fourth-order valence-electron chi connectivity index (χ4n) is 3.49. The predicted molar refractivity (Wildman–Crippen MR) is 111 cm³/mol. The third-order valence-corrected chi connectivity index (χ3v) is 4.87. The molecular formula is C23H23N3O2. The smallest absolute Gasteiger partial charge is 0.145 e. The average Bonchev–Trinajstić information content (AvgIpc) is 3.22. The lowest BCUT2D eigenvalue weighted by atomic mass is 9.99.